The summed E-state index contributed by atoms with van der Waals surface area (Å²) in [4.78, 5) is 34.1. The fraction of sp³-hybridized carbons (Fsp3) is 0.304. The van der Waals surface area contributed by atoms with Gasteiger partial charge in [0.15, 0.2) is 0 Å². The zero-order valence-corrected chi connectivity index (χ0v) is 17.8. The molecule has 3 heterocycles. The Hall–Kier alpha value is -2.74. The summed E-state index contributed by atoms with van der Waals surface area (Å²) in [6, 6.07) is 17.0. The third-order valence-corrected chi connectivity index (χ3v) is 6.39. The molecule has 1 atom stereocenters. The molecule has 0 spiro atoms. The average Bonchev–Trinajstić information content (AvgIpc) is 3.30. The highest BCUT2D eigenvalue weighted by Gasteiger charge is 2.22. The number of amides is 1. The van der Waals surface area contributed by atoms with Crippen LogP contribution in [0.15, 0.2) is 64.8 Å². The summed E-state index contributed by atoms with van der Waals surface area (Å²) in [6.45, 7) is 4.67. The number of nitrogens with zero attached hydrogens (tertiary/aromatic N) is 2. The van der Waals surface area contributed by atoms with Crippen LogP contribution in [0, 0.1) is 0 Å². The number of carbonyl (C=O) groups is 1. The topological polar surface area (TPSA) is 68.4 Å². The van der Waals surface area contributed by atoms with Crippen molar-refractivity contribution in [1.82, 2.24) is 20.1 Å². The average molecular weight is 423 g/mol. The minimum atomic E-state index is -0.371. The molecule has 1 aliphatic heterocycles. The van der Waals surface area contributed by atoms with Gasteiger partial charge >= 0.3 is 0 Å². The first kappa shape index (κ1) is 20.5. The Morgan fingerprint density at radius 3 is 2.50 bits per heavy atom. The second kappa shape index (κ2) is 9.38. The summed E-state index contributed by atoms with van der Waals surface area (Å²) in [6.07, 6.45) is 0. The smallest absolute Gasteiger partial charge is 0.261 e. The quantitative estimate of drug-likeness (QED) is 0.641. The van der Waals surface area contributed by atoms with E-state index < -0.39 is 0 Å². The molecule has 30 heavy (non-hydrogen) atoms. The molecule has 6 nitrogen and oxygen atoms in total. The predicted molar refractivity (Wildman–Crippen MR) is 121 cm³/mol. The number of piperazine rings is 1. The minimum Gasteiger partial charge on any atom is -0.344 e. The van der Waals surface area contributed by atoms with Gasteiger partial charge in [0.25, 0.3) is 11.5 Å². The Morgan fingerprint density at radius 1 is 1.07 bits per heavy atom. The summed E-state index contributed by atoms with van der Waals surface area (Å²) in [5.74, 6) is -0.350. The summed E-state index contributed by atoms with van der Waals surface area (Å²) in [7, 11) is 2.12. The van der Waals surface area contributed by atoms with E-state index in [0.717, 1.165) is 48.9 Å². The molecule has 156 valence electrons. The molecule has 3 aromatic rings. The van der Waals surface area contributed by atoms with E-state index in [1.165, 1.54) is 0 Å². The summed E-state index contributed by atoms with van der Waals surface area (Å²) in [5, 5.41) is 5.05. The van der Waals surface area contributed by atoms with Gasteiger partial charge < -0.3 is 15.2 Å². The summed E-state index contributed by atoms with van der Waals surface area (Å²) >= 11 is 1.55. The lowest BCUT2D eigenvalue weighted by molar-refractivity contribution is 0.0906. The van der Waals surface area contributed by atoms with E-state index >= 15 is 0 Å². The maximum atomic E-state index is 13.0. The highest BCUT2D eigenvalue weighted by atomic mass is 32.1. The fourth-order valence-electron chi connectivity index (χ4n) is 3.67. The number of thiophene rings is 1. The van der Waals surface area contributed by atoms with Gasteiger partial charge in [-0.3, -0.25) is 14.5 Å². The van der Waals surface area contributed by atoms with E-state index in [1.54, 1.807) is 23.5 Å². The number of rotatable bonds is 6. The molecule has 1 saturated heterocycles. The van der Waals surface area contributed by atoms with E-state index in [2.05, 4.69) is 27.1 Å². The van der Waals surface area contributed by atoms with Crippen molar-refractivity contribution in [2.75, 3.05) is 39.8 Å². The van der Waals surface area contributed by atoms with E-state index in [1.807, 2.05) is 47.8 Å². The number of nitrogens with one attached hydrogen (secondary N) is 2. The Bertz CT molecular complexity index is 1020. The Kier molecular flexibility index (Phi) is 6.42. The maximum absolute atomic E-state index is 13.0. The van der Waals surface area contributed by atoms with E-state index in [-0.39, 0.29) is 23.1 Å². The number of hydrogen-bond donors (Lipinski definition) is 2. The van der Waals surface area contributed by atoms with Crippen LogP contribution in [0.2, 0.25) is 0 Å². The SMILES string of the molecule is CN1CCN(CC(NC(=O)c2ccc(-c3cccs3)[nH]c2=O)c2ccccc2)CC1. The molecule has 0 radical (unpaired) electrons. The lowest BCUT2D eigenvalue weighted by Crippen LogP contribution is -2.48. The number of likely N-dealkylation sites (N-methyl/N-ethyl adjacent to an activating group) is 1. The van der Waals surface area contributed by atoms with Gasteiger partial charge in [-0.05, 0) is 36.2 Å². The molecule has 1 aliphatic rings. The van der Waals surface area contributed by atoms with Crippen LogP contribution in [0.5, 0.6) is 0 Å². The van der Waals surface area contributed by atoms with Gasteiger partial charge in [0.05, 0.1) is 16.6 Å². The molecule has 0 saturated carbocycles. The lowest BCUT2D eigenvalue weighted by atomic mass is 10.1. The van der Waals surface area contributed by atoms with Gasteiger partial charge in [-0.15, -0.1) is 11.3 Å². The van der Waals surface area contributed by atoms with E-state index in [0.29, 0.717) is 0 Å². The van der Waals surface area contributed by atoms with Crippen LogP contribution in [0.4, 0.5) is 0 Å². The number of pyridine rings is 1. The number of hydrogen-bond acceptors (Lipinski definition) is 5. The standard InChI is InChI=1S/C23H26N4O2S/c1-26-11-13-27(14-12-26)16-20(17-6-3-2-4-7-17)25-23(29)18-9-10-19(24-22(18)28)21-8-5-15-30-21/h2-10,15,20H,11-14,16H2,1H3,(H,24,28)(H,25,29). The minimum absolute atomic E-state index is 0.134. The van der Waals surface area contributed by atoms with Crippen molar-refractivity contribution >= 4 is 17.2 Å². The van der Waals surface area contributed by atoms with Gasteiger partial charge in [-0.1, -0.05) is 36.4 Å². The van der Waals surface area contributed by atoms with Crippen molar-refractivity contribution in [2.24, 2.45) is 0 Å². The van der Waals surface area contributed by atoms with Crippen LogP contribution < -0.4 is 10.9 Å². The van der Waals surface area contributed by atoms with Gasteiger partial charge in [0.2, 0.25) is 0 Å². The predicted octanol–water partition coefficient (Wildman–Crippen LogP) is 2.82. The summed E-state index contributed by atoms with van der Waals surface area (Å²) < 4.78 is 0. The molecular formula is C23H26N4O2S. The first-order valence-electron chi connectivity index (χ1n) is 10.1. The fourth-order valence-corrected chi connectivity index (χ4v) is 4.38. The Morgan fingerprint density at radius 2 is 1.83 bits per heavy atom. The largest absolute Gasteiger partial charge is 0.344 e. The molecule has 2 aromatic heterocycles. The zero-order chi connectivity index (χ0) is 20.9. The van der Waals surface area contributed by atoms with Crippen molar-refractivity contribution < 1.29 is 4.79 Å². The molecule has 1 unspecified atom stereocenters. The number of H-pyrrole nitrogens is 1. The molecular weight excluding hydrogens is 396 g/mol. The number of benzene rings is 1. The normalized spacial score (nSPS) is 16.3. The highest BCUT2D eigenvalue weighted by Crippen LogP contribution is 2.21. The third-order valence-electron chi connectivity index (χ3n) is 5.48. The second-order valence-corrected chi connectivity index (χ2v) is 8.58. The van der Waals surface area contributed by atoms with Crippen molar-refractivity contribution in [3.63, 3.8) is 0 Å². The molecule has 1 fully saturated rings. The summed E-state index contributed by atoms with van der Waals surface area (Å²) in [5.41, 5.74) is 1.53. The van der Waals surface area contributed by atoms with Gasteiger partial charge in [-0.25, -0.2) is 0 Å². The molecule has 0 bridgehead atoms. The van der Waals surface area contributed by atoms with Crippen LogP contribution in [0.1, 0.15) is 22.0 Å². The Balaban J connectivity index is 1.52. The number of aromatic amines is 1. The van der Waals surface area contributed by atoms with Crippen LogP contribution in [0.3, 0.4) is 0 Å². The third kappa shape index (κ3) is 4.87. The van der Waals surface area contributed by atoms with Crippen molar-refractivity contribution in [2.45, 2.75) is 6.04 Å². The van der Waals surface area contributed by atoms with Gasteiger partial charge in [-0.2, -0.15) is 0 Å². The lowest BCUT2D eigenvalue weighted by Gasteiger charge is -2.35. The highest BCUT2D eigenvalue weighted by molar-refractivity contribution is 7.13. The maximum Gasteiger partial charge on any atom is 0.261 e. The number of aromatic nitrogens is 1. The van der Waals surface area contributed by atoms with E-state index in [4.69, 9.17) is 0 Å². The van der Waals surface area contributed by atoms with Gasteiger partial charge in [0.1, 0.15) is 5.56 Å². The molecule has 2 N–H and O–H groups in total. The van der Waals surface area contributed by atoms with Crippen molar-refractivity contribution in [3.8, 4) is 10.6 Å². The van der Waals surface area contributed by atoms with Gasteiger partial charge in [0, 0.05) is 32.7 Å². The second-order valence-electron chi connectivity index (χ2n) is 7.63. The van der Waals surface area contributed by atoms with Crippen LogP contribution in [-0.4, -0.2) is 60.5 Å². The van der Waals surface area contributed by atoms with E-state index in [9.17, 15) is 9.59 Å². The monoisotopic (exact) mass is 422 g/mol. The zero-order valence-electron chi connectivity index (χ0n) is 17.0. The van der Waals surface area contributed by atoms with Crippen LogP contribution in [0.25, 0.3) is 10.6 Å². The molecule has 1 aromatic carbocycles. The molecule has 4 rings (SSSR count). The Labute approximate surface area is 180 Å². The van der Waals surface area contributed by atoms with Crippen LogP contribution in [-0.2, 0) is 0 Å². The van der Waals surface area contributed by atoms with Crippen LogP contribution >= 0.6 is 11.3 Å². The molecule has 0 aliphatic carbocycles. The van der Waals surface area contributed by atoms with Crippen molar-refractivity contribution in [3.05, 3.63) is 81.5 Å². The van der Waals surface area contributed by atoms with Crippen molar-refractivity contribution in [1.29, 1.82) is 0 Å². The number of carbonyl (C=O) groups excluding carboxylic acids is 1. The first-order chi connectivity index (χ1) is 14.6. The molecule has 7 heteroatoms. The first-order valence-corrected chi connectivity index (χ1v) is 11.0. The molecule has 1 amide bonds.